The minimum Gasteiger partial charge on any atom is -0.490 e. The first-order valence-electron chi connectivity index (χ1n) is 14.9. The number of hydrogen-bond acceptors (Lipinski definition) is 6. The summed E-state index contributed by atoms with van der Waals surface area (Å²) >= 11 is 1.58. The van der Waals surface area contributed by atoms with Crippen molar-refractivity contribution in [3.05, 3.63) is 53.1 Å². The van der Waals surface area contributed by atoms with Crippen molar-refractivity contribution in [2.24, 2.45) is 0 Å². The Hall–Kier alpha value is -3.24. The Morgan fingerprint density at radius 2 is 1.68 bits per heavy atom. The van der Waals surface area contributed by atoms with E-state index < -0.39 is 0 Å². The standard InChI is InChI=1S/C22H21N3OS.C7H13NO.2C2H6/c1-14(2)26-20-11-10-16(12-17(20)13-23)21-24-25-22(27-21)19-9-5-7-15-6-3-4-8-18(15)19;1-2-7(9)8-5-3-4-6-8;2*1-2/h5,7,9-12,14H,3-4,6,8H2,1-2H3;2-6H2,1H3;2*1-2H3. The maximum Gasteiger partial charge on any atom is 0.222 e. The number of nitriles is 1. The van der Waals surface area contributed by atoms with Crippen LogP contribution < -0.4 is 4.74 Å². The van der Waals surface area contributed by atoms with Crippen molar-refractivity contribution in [1.29, 1.82) is 5.26 Å². The average molecular weight is 563 g/mol. The highest BCUT2D eigenvalue weighted by Gasteiger charge is 2.18. The fraction of sp³-hybridized carbons (Fsp3) is 0.515. The van der Waals surface area contributed by atoms with Crippen molar-refractivity contribution in [3.8, 4) is 33.0 Å². The summed E-state index contributed by atoms with van der Waals surface area (Å²) in [5, 5.41) is 20.1. The van der Waals surface area contributed by atoms with Gasteiger partial charge in [0.05, 0.1) is 11.7 Å². The first-order chi connectivity index (χ1) is 19.5. The van der Waals surface area contributed by atoms with Crippen LogP contribution in [-0.4, -0.2) is 40.2 Å². The molecule has 6 nitrogen and oxygen atoms in total. The molecule has 40 heavy (non-hydrogen) atoms. The summed E-state index contributed by atoms with van der Waals surface area (Å²) in [4.78, 5) is 12.9. The lowest BCUT2D eigenvalue weighted by Crippen LogP contribution is -2.26. The van der Waals surface area contributed by atoms with Crippen molar-refractivity contribution in [3.63, 3.8) is 0 Å². The van der Waals surface area contributed by atoms with Gasteiger partial charge in [0.1, 0.15) is 21.8 Å². The Balaban J connectivity index is 0.000000362. The maximum atomic E-state index is 10.9. The number of rotatable bonds is 5. The number of carbonyl (C=O) groups excluding carboxylic acids is 1. The zero-order valence-corrected chi connectivity index (χ0v) is 26.2. The molecule has 1 aromatic heterocycles. The minimum absolute atomic E-state index is 0.0281. The highest BCUT2D eigenvalue weighted by Crippen LogP contribution is 2.36. The number of likely N-dealkylation sites (tertiary alicyclic amines) is 1. The van der Waals surface area contributed by atoms with Gasteiger partial charge in [-0.05, 0) is 81.7 Å². The van der Waals surface area contributed by atoms with Gasteiger partial charge in [0.15, 0.2) is 0 Å². The van der Waals surface area contributed by atoms with Crippen LogP contribution in [0, 0.1) is 11.3 Å². The van der Waals surface area contributed by atoms with E-state index in [4.69, 9.17) is 4.74 Å². The molecular formula is C33H46N4O2S. The van der Waals surface area contributed by atoms with Gasteiger partial charge >= 0.3 is 0 Å². The second-order valence-corrected chi connectivity index (χ2v) is 10.5. The Kier molecular flexibility index (Phi) is 14.4. The summed E-state index contributed by atoms with van der Waals surface area (Å²) in [5.41, 5.74) is 5.49. The van der Waals surface area contributed by atoms with Gasteiger partial charge in [-0.15, -0.1) is 10.2 Å². The van der Waals surface area contributed by atoms with Gasteiger partial charge < -0.3 is 9.64 Å². The molecule has 1 fully saturated rings. The third-order valence-electron chi connectivity index (χ3n) is 6.52. The number of aromatic nitrogens is 2. The predicted octanol–water partition coefficient (Wildman–Crippen LogP) is 8.48. The first kappa shape index (κ1) is 33.0. The van der Waals surface area contributed by atoms with E-state index in [9.17, 15) is 10.1 Å². The van der Waals surface area contributed by atoms with Crippen LogP contribution in [0.15, 0.2) is 36.4 Å². The Labute approximate surface area is 245 Å². The molecule has 1 saturated heterocycles. The highest BCUT2D eigenvalue weighted by atomic mass is 32.1. The molecule has 0 radical (unpaired) electrons. The smallest absolute Gasteiger partial charge is 0.222 e. The van der Waals surface area contributed by atoms with Crippen LogP contribution in [0.2, 0.25) is 0 Å². The third-order valence-corrected chi connectivity index (χ3v) is 7.53. The van der Waals surface area contributed by atoms with E-state index in [1.807, 2.05) is 71.6 Å². The summed E-state index contributed by atoms with van der Waals surface area (Å²) in [7, 11) is 0. The van der Waals surface area contributed by atoms with Crippen LogP contribution in [0.1, 0.15) is 97.3 Å². The van der Waals surface area contributed by atoms with E-state index in [2.05, 4.69) is 34.5 Å². The molecule has 3 aromatic rings. The zero-order chi connectivity index (χ0) is 29.5. The molecule has 7 heteroatoms. The van der Waals surface area contributed by atoms with Crippen molar-refractivity contribution in [2.45, 2.75) is 99.5 Å². The molecule has 1 aliphatic heterocycles. The lowest BCUT2D eigenvalue weighted by molar-refractivity contribution is -0.129. The second-order valence-electron chi connectivity index (χ2n) is 9.49. The molecule has 1 amide bonds. The summed E-state index contributed by atoms with van der Waals surface area (Å²) < 4.78 is 5.71. The SMILES string of the molecule is CC.CC.CC(C)Oc1ccc(-c2nnc(-c3cccc4c3CCCC4)s2)cc1C#N.CCC(=O)N1CCCC1. The number of amides is 1. The van der Waals surface area contributed by atoms with E-state index >= 15 is 0 Å². The Bertz CT molecular complexity index is 1240. The van der Waals surface area contributed by atoms with Crippen molar-refractivity contribution >= 4 is 17.2 Å². The molecule has 2 aliphatic rings. The molecule has 0 saturated carbocycles. The van der Waals surface area contributed by atoms with Crippen LogP contribution in [0.25, 0.3) is 21.1 Å². The molecule has 5 rings (SSSR count). The summed E-state index contributed by atoms with van der Waals surface area (Å²) in [6, 6.07) is 14.3. The van der Waals surface area contributed by atoms with Gasteiger partial charge in [0, 0.05) is 30.6 Å². The van der Waals surface area contributed by atoms with E-state index in [0.717, 1.165) is 41.5 Å². The van der Waals surface area contributed by atoms with Crippen molar-refractivity contribution < 1.29 is 9.53 Å². The zero-order valence-electron chi connectivity index (χ0n) is 25.4. The van der Waals surface area contributed by atoms with E-state index in [-0.39, 0.29) is 6.10 Å². The highest BCUT2D eigenvalue weighted by molar-refractivity contribution is 7.17. The van der Waals surface area contributed by atoms with Crippen molar-refractivity contribution in [2.75, 3.05) is 13.1 Å². The normalized spacial score (nSPS) is 13.4. The molecule has 0 unspecified atom stereocenters. The van der Waals surface area contributed by atoms with Gasteiger partial charge in [-0.1, -0.05) is 64.2 Å². The number of benzene rings is 2. The lowest BCUT2D eigenvalue weighted by Gasteiger charge is -2.17. The summed E-state index contributed by atoms with van der Waals surface area (Å²) in [5.74, 6) is 0.922. The third kappa shape index (κ3) is 8.89. The second kappa shape index (κ2) is 17.5. The Morgan fingerprint density at radius 3 is 2.33 bits per heavy atom. The van der Waals surface area contributed by atoms with Gasteiger partial charge in [-0.2, -0.15) is 5.26 Å². The predicted molar refractivity (Wildman–Crippen MR) is 167 cm³/mol. The number of hydrogen-bond donors (Lipinski definition) is 0. The van der Waals surface area contributed by atoms with Gasteiger partial charge in [-0.25, -0.2) is 0 Å². The van der Waals surface area contributed by atoms with E-state index in [1.54, 1.807) is 11.3 Å². The number of ether oxygens (including phenoxy) is 1. The Morgan fingerprint density at radius 1 is 1.00 bits per heavy atom. The number of aryl methyl sites for hydroxylation is 1. The molecule has 0 spiro atoms. The minimum atomic E-state index is 0.0281. The maximum absolute atomic E-state index is 10.9. The molecule has 0 N–H and O–H groups in total. The van der Waals surface area contributed by atoms with Gasteiger partial charge in [0.25, 0.3) is 0 Å². The molecule has 0 bridgehead atoms. The first-order valence-corrected chi connectivity index (χ1v) is 15.8. The molecule has 1 aliphatic carbocycles. The number of nitrogens with zero attached hydrogens (tertiary/aromatic N) is 4. The topological polar surface area (TPSA) is 79.1 Å². The lowest BCUT2D eigenvalue weighted by atomic mass is 9.88. The van der Waals surface area contributed by atoms with E-state index in [1.165, 1.54) is 42.4 Å². The average Bonchev–Trinajstić information content (AvgIpc) is 3.72. The number of carbonyl (C=O) groups is 1. The van der Waals surface area contributed by atoms with E-state index in [0.29, 0.717) is 23.6 Å². The summed E-state index contributed by atoms with van der Waals surface area (Å²) in [6.45, 7) is 15.8. The fourth-order valence-electron chi connectivity index (χ4n) is 4.73. The van der Waals surface area contributed by atoms with Gasteiger partial charge in [0.2, 0.25) is 5.91 Å². The molecule has 2 heterocycles. The van der Waals surface area contributed by atoms with Crippen LogP contribution in [0.4, 0.5) is 0 Å². The quantitative estimate of drug-likeness (QED) is 0.311. The van der Waals surface area contributed by atoms with Gasteiger partial charge in [-0.3, -0.25) is 4.79 Å². The summed E-state index contributed by atoms with van der Waals surface area (Å²) in [6.07, 6.45) is 7.85. The van der Waals surface area contributed by atoms with Crippen LogP contribution >= 0.6 is 11.3 Å². The molecule has 216 valence electrons. The molecular weight excluding hydrogens is 516 g/mol. The van der Waals surface area contributed by atoms with Crippen molar-refractivity contribution in [1.82, 2.24) is 15.1 Å². The number of fused-ring (bicyclic) bond motifs is 1. The largest absolute Gasteiger partial charge is 0.490 e. The van der Waals surface area contributed by atoms with Crippen LogP contribution in [0.3, 0.4) is 0 Å². The molecule has 0 atom stereocenters. The van der Waals surface area contributed by atoms with Crippen LogP contribution in [0.5, 0.6) is 5.75 Å². The molecule has 2 aromatic carbocycles. The fourth-order valence-corrected chi connectivity index (χ4v) is 5.62. The monoisotopic (exact) mass is 562 g/mol. The van der Waals surface area contributed by atoms with Crippen LogP contribution in [-0.2, 0) is 17.6 Å².